The SMILES string of the molecule is O=C(Nc1cccc(C(F)(F)F)c1)c1cc(Cl)ncc1Cl. The van der Waals surface area contributed by atoms with Crippen LogP contribution in [0.4, 0.5) is 18.9 Å². The summed E-state index contributed by atoms with van der Waals surface area (Å²) in [4.78, 5) is 15.7. The Bertz CT molecular complexity index is 689. The quantitative estimate of drug-likeness (QED) is 0.811. The second kappa shape index (κ2) is 5.91. The highest BCUT2D eigenvalue weighted by atomic mass is 35.5. The molecular weight excluding hydrogens is 328 g/mol. The van der Waals surface area contributed by atoms with E-state index in [4.69, 9.17) is 23.2 Å². The second-order valence-electron chi connectivity index (χ2n) is 4.02. The molecule has 0 spiro atoms. The summed E-state index contributed by atoms with van der Waals surface area (Å²) in [6.07, 6.45) is -3.30. The minimum absolute atomic E-state index is 0.00109. The van der Waals surface area contributed by atoms with Crippen molar-refractivity contribution >= 4 is 34.8 Å². The van der Waals surface area contributed by atoms with Gasteiger partial charge < -0.3 is 5.32 Å². The van der Waals surface area contributed by atoms with Crippen LogP contribution < -0.4 is 5.32 Å². The fourth-order valence-electron chi connectivity index (χ4n) is 1.56. The first-order chi connectivity index (χ1) is 9.77. The number of rotatable bonds is 2. The Labute approximate surface area is 127 Å². The van der Waals surface area contributed by atoms with Gasteiger partial charge in [-0.1, -0.05) is 29.3 Å². The van der Waals surface area contributed by atoms with E-state index in [1.165, 1.54) is 24.4 Å². The van der Waals surface area contributed by atoms with E-state index in [-0.39, 0.29) is 21.4 Å². The van der Waals surface area contributed by atoms with E-state index >= 15 is 0 Å². The number of alkyl halides is 3. The third kappa shape index (κ3) is 3.86. The number of nitrogens with zero attached hydrogens (tertiary/aromatic N) is 1. The van der Waals surface area contributed by atoms with Gasteiger partial charge in [0.15, 0.2) is 0 Å². The summed E-state index contributed by atoms with van der Waals surface area (Å²) in [5.41, 5.74) is -0.841. The Morgan fingerprint density at radius 1 is 1.19 bits per heavy atom. The molecule has 0 atom stereocenters. The lowest BCUT2D eigenvalue weighted by atomic mass is 10.2. The molecule has 8 heteroatoms. The standard InChI is InChI=1S/C13H7Cl2F3N2O/c14-10-6-19-11(15)5-9(10)12(21)20-8-3-1-2-7(4-8)13(16,17)18/h1-6H,(H,20,21). The molecule has 1 N–H and O–H groups in total. The van der Waals surface area contributed by atoms with E-state index in [1.54, 1.807) is 0 Å². The Morgan fingerprint density at radius 3 is 2.57 bits per heavy atom. The lowest BCUT2D eigenvalue weighted by molar-refractivity contribution is -0.137. The Morgan fingerprint density at radius 2 is 1.90 bits per heavy atom. The number of carbonyl (C=O) groups excluding carboxylic acids is 1. The zero-order valence-electron chi connectivity index (χ0n) is 10.2. The summed E-state index contributed by atoms with van der Waals surface area (Å²) in [7, 11) is 0. The van der Waals surface area contributed by atoms with Crippen LogP contribution in [-0.2, 0) is 6.18 Å². The molecule has 0 fully saturated rings. The first-order valence-electron chi connectivity index (χ1n) is 5.57. The normalized spacial score (nSPS) is 11.3. The fourth-order valence-corrected chi connectivity index (χ4v) is 1.91. The van der Waals surface area contributed by atoms with Crippen LogP contribution in [0.5, 0.6) is 0 Å². The molecule has 21 heavy (non-hydrogen) atoms. The molecule has 0 saturated heterocycles. The van der Waals surface area contributed by atoms with Gasteiger partial charge in [0.1, 0.15) is 5.15 Å². The van der Waals surface area contributed by atoms with Crippen LogP contribution in [0.3, 0.4) is 0 Å². The molecule has 1 heterocycles. The predicted octanol–water partition coefficient (Wildman–Crippen LogP) is 4.66. The van der Waals surface area contributed by atoms with Crippen molar-refractivity contribution in [2.24, 2.45) is 0 Å². The van der Waals surface area contributed by atoms with Crippen molar-refractivity contribution in [3.63, 3.8) is 0 Å². The number of amides is 1. The number of carbonyl (C=O) groups is 1. The van der Waals surface area contributed by atoms with Crippen LogP contribution in [0.1, 0.15) is 15.9 Å². The van der Waals surface area contributed by atoms with Crippen molar-refractivity contribution < 1.29 is 18.0 Å². The molecule has 0 bridgehead atoms. The van der Waals surface area contributed by atoms with Gasteiger partial charge >= 0.3 is 6.18 Å². The molecule has 0 aliphatic heterocycles. The van der Waals surface area contributed by atoms with Crippen molar-refractivity contribution in [3.05, 3.63) is 57.8 Å². The first kappa shape index (κ1) is 15.6. The van der Waals surface area contributed by atoms with E-state index in [0.717, 1.165) is 12.1 Å². The number of hydrogen-bond acceptors (Lipinski definition) is 2. The van der Waals surface area contributed by atoms with Gasteiger partial charge in [-0.2, -0.15) is 13.2 Å². The van der Waals surface area contributed by atoms with Crippen LogP contribution in [0.2, 0.25) is 10.2 Å². The van der Waals surface area contributed by atoms with E-state index in [9.17, 15) is 18.0 Å². The largest absolute Gasteiger partial charge is 0.416 e. The van der Waals surface area contributed by atoms with Gasteiger partial charge in [0.2, 0.25) is 0 Å². The Kier molecular flexibility index (Phi) is 4.39. The lowest BCUT2D eigenvalue weighted by Crippen LogP contribution is -2.14. The number of nitrogens with one attached hydrogen (secondary N) is 1. The maximum absolute atomic E-state index is 12.6. The smallest absolute Gasteiger partial charge is 0.322 e. The molecule has 0 radical (unpaired) electrons. The van der Waals surface area contributed by atoms with Crippen LogP contribution >= 0.6 is 23.2 Å². The van der Waals surface area contributed by atoms with Crippen LogP contribution in [-0.4, -0.2) is 10.9 Å². The summed E-state index contributed by atoms with van der Waals surface area (Å²) in [6.45, 7) is 0. The number of benzene rings is 1. The summed E-state index contributed by atoms with van der Waals surface area (Å²) < 4.78 is 37.8. The molecule has 2 aromatic rings. The summed E-state index contributed by atoms with van der Waals surface area (Å²) >= 11 is 11.4. The number of anilines is 1. The minimum Gasteiger partial charge on any atom is -0.322 e. The number of halogens is 5. The molecule has 110 valence electrons. The summed E-state index contributed by atoms with van der Waals surface area (Å²) in [5.74, 6) is -0.677. The van der Waals surface area contributed by atoms with Gasteiger partial charge in [0.25, 0.3) is 5.91 Å². The average molecular weight is 335 g/mol. The number of pyridine rings is 1. The molecule has 0 unspecified atom stereocenters. The number of aromatic nitrogens is 1. The molecule has 1 amide bonds. The molecule has 0 aliphatic carbocycles. The molecular formula is C13H7Cl2F3N2O. The summed E-state index contributed by atoms with van der Waals surface area (Å²) in [6, 6.07) is 5.50. The Balaban J connectivity index is 2.26. The molecule has 2 rings (SSSR count). The maximum atomic E-state index is 12.6. The minimum atomic E-state index is -4.49. The average Bonchev–Trinajstić information content (AvgIpc) is 2.41. The zero-order chi connectivity index (χ0) is 15.6. The maximum Gasteiger partial charge on any atom is 0.416 e. The van der Waals surface area contributed by atoms with E-state index < -0.39 is 17.6 Å². The third-order valence-electron chi connectivity index (χ3n) is 2.51. The highest BCUT2D eigenvalue weighted by Gasteiger charge is 2.30. The van der Waals surface area contributed by atoms with Gasteiger partial charge in [-0.15, -0.1) is 0 Å². The Hall–Kier alpha value is -1.79. The molecule has 1 aromatic heterocycles. The first-order valence-corrected chi connectivity index (χ1v) is 6.32. The van der Waals surface area contributed by atoms with Crippen LogP contribution in [0, 0.1) is 0 Å². The molecule has 0 aliphatic rings. The summed E-state index contributed by atoms with van der Waals surface area (Å²) in [5, 5.41) is 2.42. The molecule has 0 saturated carbocycles. The highest BCUT2D eigenvalue weighted by molar-refractivity contribution is 6.35. The third-order valence-corrected chi connectivity index (χ3v) is 3.02. The second-order valence-corrected chi connectivity index (χ2v) is 4.81. The van der Waals surface area contributed by atoms with Gasteiger partial charge in [-0.3, -0.25) is 4.79 Å². The molecule has 3 nitrogen and oxygen atoms in total. The van der Waals surface area contributed by atoms with Crippen molar-refractivity contribution in [1.82, 2.24) is 4.98 Å². The van der Waals surface area contributed by atoms with Crippen molar-refractivity contribution in [1.29, 1.82) is 0 Å². The number of hydrogen-bond donors (Lipinski definition) is 1. The fraction of sp³-hybridized carbons (Fsp3) is 0.0769. The van der Waals surface area contributed by atoms with Gasteiger partial charge in [-0.25, -0.2) is 4.98 Å². The lowest BCUT2D eigenvalue weighted by Gasteiger charge is -2.10. The van der Waals surface area contributed by atoms with Gasteiger partial charge in [-0.05, 0) is 24.3 Å². The predicted molar refractivity (Wildman–Crippen MR) is 73.7 cm³/mol. The topological polar surface area (TPSA) is 42.0 Å². The van der Waals surface area contributed by atoms with E-state index in [0.29, 0.717) is 0 Å². The van der Waals surface area contributed by atoms with Crippen LogP contribution in [0.25, 0.3) is 0 Å². The van der Waals surface area contributed by atoms with Crippen molar-refractivity contribution in [3.8, 4) is 0 Å². The zero-order valence-corrected chi connectivity index (χ0v) is 11.7. The molecule has 1 aromatic carbocycles. The van der Waals surface area contributed by atoms with E-state index in [2.05, 4.69) is 10.3 Å². The highest BCUT2D eigenvalue weighted by Crippen LogP contribution is 2.31. The van der Waals surface area contributed by atoms with Gasteiger partial charge in [0, 0.05) is 11.9 Å². The van der Waals surface area contributed by atoms with Crippen molar-refractivity contribution in [2.75, 3.05) is 5.32 Å². The van der Waals surface area contributed by atoms with Gasteiger partial charge in [0.05, 0.1) is 16.1 Å². The van der Waals surface area contributed by atoms with Crippen molar-refractivity contribution in [2.45, 2.75) is 6.18 Å². The van der Waals surface area contributed by atoms with Crippen LogP contribution in [0.15, 0.2) is 36.5 Å². The monoisotopic (exact) mass is 334 g/mol. The van der Waals surface area contributed by atoms with E-state index in [1.807, 2.05) is 0 Å².